The van der Waals surface area contributed by atoms with E-state index in [1.54, 1.807) is 18.2 Å². The number of nitrogens with zero attached hydrogens (tertiary/aromatic N) is 2. The van der Waals surface area contributed by atoms with E-state index in [2.05, 4.69) is 9.97 Å². The van der Waals surface area contributed by atoms with Crippen LogP contribution in [0, 0.1) is 0 Å². The molecule has 0 saturated heterocycles. The van der Waals surface area contributed by atoms with Crippen molar-refractivity contribution in [3.8, 4) is 11.6 Å². The maximum Gasteiger partial charge on any atom is 0.227 e. The fourth-order valence-corrected chi connectivity index (χ4v) is 1.94. The van der Waals surface area contributed by atoms with Crippen LogP contribution in [-0.4, -0.2) is 9.97 Å². The van der Waals surface area contributed by atoms with Gasteiger partial charge >= 0.3 is 0 Å². The molecule has 0 atom stereocenters. The van der Waals surface area contributed by atoms with E-state index >= 15 is 0 Å². The fourth-order valence-electron chi connectivity index (χ4n) is 1.49. The second-order valence-electron chi connectivity index (χ2n) is 3.57. The largest absolute Gasteiger partial charge is 0.437 e. The molecule has 1 heterocycles. The monoisotopic (exact) mass is 283 g/mol. The molecule has 1 aromatic carbocycles. The van der Waals surface area contributed by atoms with Crippen LogP contribution in [0.5, 0.6) is 11.6 Å². The maximum absolute atomic E-state index is 6.03. The van der Waals surface area contributed by atoms with Crippen molar-refractivity contribution in [1.82, 2.24) is 9.97 Å². The van der Waals surface area contributed by atoms with Gasteiger partial charge in [-0.05, 0) is 24.6 Å². The summed E-state index contributed by atoms with van der Waals surface area (Å²) >= 11 is 11.8. The number of halogens is 2. The predicted octanol–water partition coefficient (Wildman–Crippen LogP) is 3.72. The molecule has 0 saturated carbocycles. The first-order valence-electron chi connectivity index (χ1n) is 5.34. The summed E-state index contributed by atoms with van der Waals surface area (Å²) in [6, 6.07) is 4.98. The van der Waals surface area contributed by atoms with Gasteiger partial charge < -0.3 is 10.5 Å². The second kappa shape index (κ2) is 5.42. The lowest BCUT2D eigenvalue weighted by Crippen LogP contribution is -2.01. The van der Waals surface area contributed by atoms with Crippen LogP contribution in [0.25, 0.3) is 0 Å². The van der Waals surface area contributed by atoms with E-state index in [0.717, 1.165) is 5.56 Å². The quantitative estimate of drug-likeness (QED) is 0.933. The molecule has 0 unspecified atom stereocenters. The first kappa shape index (κ1) is 12.9. The van der Waals surface area contributed by atoms with E-state index in [9.17, 15) is 0 Å². The molecule has 18 heavy (non-hydrogen) atoms. The number of hydrogen-bond donors (Lipinski definition) is 1. The Morgan fingerprint density at radius 2 is 2.06 bits per heavy atom. The van der Waals surface area contributed by atoms with Crippen LogP contribution in [0.2, 0.25) is 10.0 Å². The minimum absolute atomic E-state index is 0.410. The van der Waals surface area contributed by atoms with Gasteiger partial charge in [-0.15, -0.1) is 0 Å². The summed E-state index contributed by atoms with van der Waals surface area (Å²) < 4.78 is 5.65. The molecule has 2 rings (SSSR count). The van der Waals surface area contributed by atoms with Crippen LogP contribution < -0.4 is 10.5 Å². The van der Waals surface area contributed by atoms with Gasteiger partial charge in [0.1, 0.15) is 17.9 Å². The van der Waals surface area contributed by atoms with Crippen LogP contribution in [0.15, 0.2) is 24.5 Å². The SMILES string of the molecule is CCc1c(N)ncnc1Oc1ccc(Cl)cc1Cl. The van der Waals surface area contributed by atoms with Gasteiger partial charge in [-0.2, -0.15) is 0 Å². The summed E-state index contributed by atoms with van der Waals surface area (Å²) in [7, 11) is 0. The maximum atomic E-state index is 6.03. The normalized spacial score (nSPS) is 10.4. The molecule has 2 aromatic rings. The van der Waals surface area contributed by atoms with E-state index in [0.29, 0.717) is 33.9 Å². The minimum atomic E-state index is 0.410. The van der Waals surface area contributed by atoms with Crippen molar-refractivity contribution >= 4 is 29.0 Å². The molecule has 1 aromatic heterocycles. The first-order chi connectivity index (χ1) is 8.61. The zero-order valence-corrected chi connectivity index (χ0v) is 11.2. The highest BCUT2D eigenvalue weighted by molar-refractivity contribution is 6.35. The summed E-state index contributed by atoms with van der Waals surface area (Å²) in [5.41, 5.74) is 6.52. The summed E-state index contributed by atoms with van der Waals surface area (Å²) in [6.45, 7) is 1.95. The lowest BCUT2D eigenvalue weighted by Gasteiger charge is -2.11. The molecule has 0 radical (unpaired) electrons. The third kappa shape index (κ3) is 2.66. The Balaban J connectivity index is 2.37. The molecule has 0 aliphatic heterocycles. The summed E-state index contributed by atoms with van der Waals surface area (Å²) in [6.07, 6.45) is 2.03. The zero-order chi connectivity index (χ0) is 13.1. The topological polar surface area (TPSA) is 61.0 Å². The average molecular weight is 284 g/mol. The van der Waals surface area contributed by atoms with Gasteiger partial charge in [-0.25, -0.2) is 9.97 Å². The van der Waals surface area contributed by atoms with Gasteiger partial charge in [0, 0.05) is 5.02 Å². The van der Waals surface area contributed by atoms with Crippen molar-refractivity contribution in [2.45, 2.75) is 13.3 Å². The van der Waals surface area contributed by atoms with Gasteiger partial charge in [-0.3, -0.25) is 0 Å². The minimum Gasteiger partial charge on any atom is -0.437 e. The molecule has 0 aliphatic carbocycles. The Bertz CT molecular complexity index is 575. The molecule has 0 amide bonds. The third-order valence-corrected chi connectivity index (χ3v) is 2.92. The Labute approximate surface area is 115 Å². The van der Waals surface area contributed by atoms with E-state index in [1.165, 1.54) is 6.33 Å². The molecule has 0 bridgehead atoms. The van der Waals surface area contributed by atoms with E-state index < -0.39 is 0 Å². The number of rotatable bonds is 3. The Morgan fingerprint density at radius 1 is 1.28 bits per heavy atom. The smallest absolute Gasteiger partial charge is 0.227 e. The molecule has 6 heteroatoms. The van der Waals surface area contributed by atoms with Crippen LogP contribution in [0.3, 0.4) is 0 Å². The molecule has 4 nitrogen and oxygen atoms in total. The predicted molar refractivity (Wildman–Crippen MR) is 72.4 cm³/mol. The van der Waals surface area contributed by atoms with Gasteiger partial charge in [0.2, 0.25) is 5.88 Å². The van der Waals surface area contributed by atoms with Crippen molar-refractivity contribution in [3.05, 3.63) is 40.1 Å². The van der Waals surface area contributed by atoms with E-state index in [4.69, 9.17) is 33.7 Å². The molecular formula is C12H11Cl2N3O. The third-order valence-electron chi connectivity index (χ3n) is 2.39. The standard InChI is InChI=1S/C12H11Cl2N3O/c1-2-8-11(15)16-6-17-12(8)18-10-4-3-7(13)5-9(10)14/h3-6H,2H2,1H3,(H2,15,16,17). The molecule has 2 N–H and O–H groups in total. The van der Waals surface area contributed by atoms with Crippen molar-refractivity contribution < 1.29 is 4.74 Å². The van der Waals surface area contributed by atoms with Crippen molar-refractivity contribution in [2.75, 3.05) is 5.73 Å². The molecular weight excluding hydrogens is 273 g/mol. The number of ether oxygens (including phenoxy) is 1. The van der Waals surface area contributed by atoms with E-state index in [-0.39, 0.29) is 0 Å². The van der Waals surface area contributed by atoms with Gasteiger partial charge in [0.15, 0.2) is 0 Å². The lowest BCUT2D eigenvalue weighted by atomic mass is 10.2. The lowest BCUT2D eigenvalue weighted by molar-refractivity contribution is 0.456. The van der Waals surface area contributed by atoms with Crippen molar-refractivity contribution in [3.63, 3.8) is 0 Å². The Hall–Kier alpha value is -1.52. The number of nitrogens with two attached hydrogens (primary N) is 1. The van der Waals surface area contributed by atoms with Gasteiger partial charge in [-0.1, -0.05) is 30.1 Å². The van der Waals surface area contributed by atoms with Crippen LogP contribution >= 0.6 is 23.2 Å². The molecule has 0 aliphatic rings. The Kier molecular flexibility index (Phi) is 3.89. The number of hydrogen-bond acceptors (Lipinski definition) is 4. The van der Waals surface area contributed by atoms with Crippen molar-refractivity contribution in [2.24, 2.45) is 0 Å². The highest BCUT2D eigenvalue weighted by Crippen LogP contribution is 2.32. The van der Waals surface area contributed by atoms with Crippen LogP contribution in [0.1, 0.15) is 12.5 Å². The van der Waals surface area contributed by atoms with Crippen LogP contribution in [-0.2, 0) is 6.42 Å². The molecule has 0 spiro atoms. The second-order valence-corrected chi connectivity index (χ2v) is 4.42. The van der Waals surface area contributed by atoms with E-state index in [1.807, 2.05) is 6.92 Å². The highest BCUT2D eigenvalue weighted by Gasteiger charge is 2.11. The summed E-state index contributed by atoms with van der Waals surface area (Å²) in [5, 5.41) is 0.965. The molecule has 0 fully saturated rings. The first-order valence-corrected chi connectivity index (χ1v) is 6.09. The summed E-state index contributed by atoms with van der Waals surface area (Å²) in [5.74, 6) is 1.30. The number of anilines is 1. The summed E-state index contributed by atoms with van der Waals surface area (Å²) in [4.78, 5) is 7.99. The van der Waals surface area contributed by atoms with Gasteiger partial charge in [0.05, 0.1) is 10.6 Å². The number of benzene rings is 1. The van der Waals surface area contributed by atoms with Crippen molar-refractivity contribution in [1.29, 1.82) is 0 Å². The van der Waals surface area contributed by atoms with Crippen LogP contribution in [0.4, 0.5) is 5.82 Å². The number of nitrogen functional groups attached to an aromatic ring is 1. The fraction of sp³-hybridized carbons (Fsp3) is 0.167. The zero-order valence-electron chi connectivity index (χ0n) is 9.65. The average Bonchev–Trinajstić information content (AvgIpc) is 2.33. The van der Waals surface area contributed by atoms with Gasteiger partial charge in [0.25, 0.3) is 0 Å². The molecule has 94 valence electrons. The number of aromatic nitrogens is 2. The highest BCUT2D eigenvalue weighted by atomic mass is 35.5. The Morgan fingerprint density at radius 3 is 2.72 bits per heavy atom.